The van der Waals surface area contributed by atoms with E-state index < -0.39 is 21.5 Å². The van der Waals surface area contributed by atoms with Crippen LogP contribution in [0.4, 0.5) is 11.4 Å². The van der Waals surface area contributed by atoms with Gasteiger partial charge in [0, 0.05) is 30.9 Å². The van der Waals surface area contributed by atoms with Crippen LogP contribution in [-0.4, -0.2) is 61.4 Å². The van der Waals surface area contributed by atoms with Gasteiger partial charge in [0.15, 0.2) is 0 Å². The Morgan fingerprint density at radius 3 is 2.19 bits per heavy atom. The van der Waals surface area contributed by atoms with Crippen molar-refractivity contribution in [2.75, 3.05) is 29.6 Å². The van der Waals surface area contributed by atoms with Crippen LogP contribution in [0.3, 0.4) is 0 Å². The average Bonchev–Trinajstić information content (AvgIpc) is 2.96. The highest BCUT2D eigenvalue weighted by Crippen LogP contribution is 2.32. The number of carbonyl (C=O) groups is 3. The molecule has 1 aliphatic carbocycles. The van der Waals surface area contributed by atoms with E-state index in [0.29, 0.717) is 11.4 Å². The largest absolute Gasteiger partial charge is 0.351 e. The van der Waals surface area contributed by atoms with Gasteiger partial charge in [-0.05, 0) is 44.0 Å². The molecule has 10 heteroatoms. The van der Waals surface area contributed by atoms with Crippen LogP contribution in [0.25, 0.3) is 0 Å². The molecule has 0 spiro atoms. The second-order valence-corrected chi connectivity index (χ2v) is 10.9. The molecule has 9 nitrogen and oxygen atoms in total. The quantitative estimate of drug-likeness (QED) is 0.645. The zero-order valence-electron chi connectivity index (χ0n) is 18.9. The lowest BCUT2D eigenvalue weighted by Crippen LogP contribution is -2.70. The molecule has 2 fully saturated rings. The summed E-state index contributed by atoms with van der Waals surface area (Å²) in [6.45, 7) is 2.54. The summed E-state index contributed by atoms with van der Waals surface area (Å²) in [7, 11) is -3.67. The van der Waals surface area contributed by atoms with Crippen molar-refractivity contribution in [3.8, 4) is 0 Å². The minimum Gasteiger partial charge on any atom is -0.351 e. The molecule has 1 saturated carbocycles. The second kappa shape index (κ2) is 9.58. The number of amides is 3. The van der Waals surface area contributed by atoms with Crippen LogP contribution in [0.15, 0.2) is 24.3 Å². The Bertz CT molecular complexity index is 971. The summed E-state index contributed by atoms with van der Waals surface area (Å²) >= 11 is 0. The first-order chi connectivity index (χ1) is 15.0. The number of nitrogens with zero attached hydrogens (tertiary/aromatic N) is 2. The molecule has 0 aromatic heterocycles. The highest BCUT2D eigenvalue weighted by molar-refractivity contribution is 7.88. The van der Waals surface area contributed by atoms with Gasteiger partial charge in [-0.3, -0.25) is 19.3 Å². The fourth-order valence-corrected chi connectivity index (χ4v) is 5.30. The van der Waals surface area contributed by atoms with E-state index in [1.54, 1.807) is 31.2 Å². The third kappa shape index (κ3) is 5.47. The van der Waals surface area contributed by atoms with Gasteiger partial charge in [-0.15, -0.1) is 0 Å². The van der Waals surface area contributed by atoms with Crippen LogP contribution in [0.2, 0.25) is 0 Å². The van der Waals surface area contributed by atoms with E-state index in [-0.39, 0.29) is 30.9 Å². The topological polar surface area (TPSA) is 116 Å². The lowest BCUT2D eigenvalue weighted by Gasteiger charge is -2.47. The SMILES string of the molecule is CC(=O)Nc1ccc(N2C(=O)CN(S(C)(=O)=O)CC2(C)C(=O)NC2CCCCCC2)cc1. The van der Waals surface area contributed by atoms with Gasteiger partial charge in [0.05, 0.1) is 12.8 Å². The number of rotatable bonds is 5. The molecule has 0 bridgehead atoms. The normalized spacial score (nSPS) is 23.5. The second-order valence-electron chi connectivity index (χ2n) is 8.92. The minimum absolute atomic E-state index is 0.00882. The number of hydrogen-bond acceptors (Lipinski definition) is 5. The van der Waals surface area contributed by atoms with Gasteiger partial charge in [-0.1, -0.05) is 25.7 Å². The lowest BCUT2D eigenvalue weighted by molar-refractivity contribution is -0.133. The molecule has 1 saturated heterocycles. The summed E-state index contributed by atoms with van der Waals surface area (Å²) in [6, 6.07) is 6.61. The van der Waals surface area contributed by atoms with Crippen LogP contribution in [0, 0.1) is 0 Å². The standard InChI is InChI=1S/C22H32N4O5S/c1-16(27)23-18-10-12-19(13-11-18)26-20(28)14-25(32(3,30)31)15-22(26,2)21(29)24-17-8-6-4-5-7-9-17/h10-13,17H,4-9,14-15H2,1-3H3,(H,23,27)(H,24,29). The van der Waals surface area contributed by atoms with Gasteiger partial charge in [-0.2, -0.15) is 4.31 Å². The van der Waals surface area contributed by atoms with Crippen LogP contribution >= 0.6 is 0 Å². The first-order valence-corrected chi connectivity index (χ1v) is 12.8. The third-order valence-electron chi connectivity index (χ3n) is 6.13. The third-order valence-corrected chi connectivity index (χ3v) is 7.33. The molecule has 1 aromatic rings. The minimum atomic E-state index is -3.67. The Balaban J connectivity index is 1.94. The van der Waals surface area contributed by atoms with E-state index in [1.165, 1.54) is 11.8 Å². The number of hydrogen-bond donors (Lipinski definition) is 2. The molecule has 1 atom stereocenters. The molecule has 2 N–H and O–H groups in total. The number of nitrogens with one attached hydrogen (secondary N) is 2. The molecule has 1 heterocycles. The van der Waals surface area contributed by atoms with Crippen molar-refractivity contribution >= 4 is 39.1 Å². The number of benzene rings is 1. The lowest BCUT2D eigenvalue weighted by atomic mass is 9.93. The first-order valence-electron chi connectivity index (χ1n) is 11.0. The number of piperazine rings is 1. The molecular weight excluding hydrogens is 432 g/mol. The maximum atomic E-state index is 13.5. The zero-order chi connectivity index (χ0) is 23.5. The summed E-state index contributed by atoms with van der Waals surface area (Å²) in [4.78, 5) is 39.4. The fraction of sp³-hybridized carbons (Fsp3) is 0.591. The first kappa shape index (κ1) is 24.2. The van der Waals surface area contributed by atoms with Gasteiger partial charge in [-0.25, -0.2) is 8.42 Å². The summed E-state index contributed by atoms with van der Waals surface area (Å²) in [5.74, 6) is -1.06. The number of anilines is 2. The van der Waals surface area contributed by atoms with Crippen molar-refractivity contribution < 1.29 is 22.8 Å². The van der Waals surface area contributed by atoms with E-state index in [0.717, 1.165) is 49.1 Å². The van der Waals surface area contributed by atoms with Gasteiger partial charge in [0.2, 0.25) is 27.7 Å². The molecule has 1 unspecified atom stereocenters. The monoisotopic (exact) mass is 464 g/mol. The Hall–Kier alpha value is -2.46. The predicted molar refractivity (Wildman–Crippen MR) is 123 cm³/mol. The van der Waals surface area contributed by atoms with Crippen molar-refractivity contribution in [2.24, 2.45) is 0 Å². The van der Waals surface area contributed by atoms with Crippen LogP contribution < -0.4 is 15.5 Å². The summed E-state index contributed by atoms with van der Waals surface area (Å²) in [5, 5.41) is 5.76. The Labute approximate surface area is 189 Å². The summed E-state index contributed by atoms with van der Waals surface area (Å²) in [6.07, 6.45) is 7.12. The predicted octanol–water partition coefficient (Wildman–Crippen LogP) is 1.85. The van der Waals surface area contributed by atoms with Crippen molar-refractivity contribution in [3.63, 3.8) is 0 Å². The van der Waals surface area contributed by atoms with Gasteiger partial charge in [0.25, 0.3) is 0 Å². The highest BCUT2D eigenvalue weighted by Gasteiger charge is 2.50. The molecule has 0 radical (unpaired) electrons. The molecule has 1 aromatic carbocycles. The van der Waals surface area contributed by atoms with Crippen molar-refractivity contribution in [3.05, 3.63) is 24.3 Å². The molecule has 3 rings (SSSR count). The van der Waals surface area contributed by atoms with E-state index in [4.69, 9.17) is 0 Å². The average molecular weight is 465 g/mol. The van der Waals surface area contributed by atoms with E-state index >= 15 is 0 Å². The summed E-state index contributed by atoms with van der Waals surface area (Å²) in [5.41, 5.74) is -0.385. The molecule has 176 valence electrons. The highest BCUT2D eigenvalue weighted by atomic mass is 32.2. The fourth-order valence-electron chi connectivity index (χ4n) is 4.47. The molecular formula is C22H32N4O5S. The maximum absolute atomic E-state index is 13.5. The van der Waals surface area contributed by atoms with Crippen LogP contribution in [0.5, 0.6) is 0 Å². The van der Waals surface area contributed by atoms with E-state index in [9.17, 15) is 22.8 Å². The van der Waals surface area contributed by atoms with Gasteiger partial charge < -0.3 is 10.6 Å². The Morgan fingerprint density at radius 1 is 1.06 bits per heavy atom. The number of carbonyl (C=O) groups excluding carboxylic acids is 3. The maximum Gasteiger partial charge on any atom is 0.247 e. The Morgan fingerprint density at radius 2 is 1.66 bits per heavy atom. The zero-order valence-corrected chi connectivity index (χ0v) is 19.7. The van der Waals surface area contributed by atoms with Crippen molar-refractivity contribution in [1.29, 1.82) is 0 Å². The Kier molecular flexibility index (Phi) is 7.24. The van der Waals surface area contributed by atoms with Gasteiger partial charge in [0.1, 0.15) is 5.54 Å². The smallest absolute Gasteiger partial charge is 0.247 e. The van der Waals surface area contributed by atoms with E-state index in [2.05, 4.69) is 10.6 Å². The molecule has 1 aliphatic heterocycles. The molecule has 32 heavy (non-hydrogen) atoms. The van der Waals surface area contributed by atoms with Crippen LogP contribution in [0.1, 0.15) is 52.4 Å². The summed E-state index contributed by atoms with van der Waals surface area (Å²) < 4.78 is 25.6. The van der Waals surface area contributed by atoms with Crippen molar-refractivity contribution in [1.82, 2.24) is 9.62 Å². The van der Waals surface area contributed by atoms with Gasteiger partial charge >= 0.3 is 0 Å². The van der Waals surface area contributed by atoms with Crippen molar-refractivity contribution in [2.45, 2.75) is 64.0 Å². The molecule has 3 amide bonds. The van der Waals surface area contributed by atoms with Crippen LogP contribution in [-0.2, 0) is 24.4 Å². The molecule has 2 aliphatic rings. The number of sulfonamides is 1. The van der Waals surface area contributed by atoms with E-state index in [1.807, 2.05) is 0 Å².